The Bertz CT molecular complexity index is 926. The fourth-order valence-electron chi connectivity index (χ4n) is 4.08. The van der Waals surface area contributed by atoms with Crippen LogP contribution in [0.1, 0.15) is 32.1 Å². The Labute approximate surface area is 158 Å². The van der Waals surface area contributed by atoms with Gasteiger partial charge >= 0.3 is 0 Å². The monoisotopic (exact) mass is 367 g/mol. The Morgan fingerprint density at radius 3 is 2.78 bits per heavy atom. The fourth-order valence-corrected chi connectivity index (χ4v) is 4.08. The summed E-state index contributed by atoms with van der Waals surface area (Å²) >= 11 is 0. The number of nitrogens with zero attached hydrogens (tertiary/aromatic N) is 3. The Hall–Kier alpha value is -2.47. The lowest BCUT2D eigenvalue weighted by Crippen LogP contribution is -2.49. The zero-order valence-corrected chi connectivity index (χ0v) is 15.4. The van der Waals surface area contributed by atoms with Crippen LogP contribution in [-0.2, 0) is 11.3 Å². The summed E-state index contributed by atoms with van der Waals surface area (Å²) in [6.45, 7) is 1.26. The molecule has 1 aliphatic carbocycles. The number of amides is 1. The first-order valence-electron chi connectivity index (χ1n) is 9.65. The maximum absolute atomic E-state index is 12.7. The predicted octanol–water partition coefficient (Wildman–Crippen LogP) is 2.11. The molecule has 1 atom stereocenters. The number of rotatable bonds is 4. The topological polar surface area (TPSA) is 75.4 Å². The van der Waals surface area contributed by atoms with E-state index < -0.39 is 5.60 Å². The number of hydrogen-bond acceptors (Lipinski definition) is 4. The van der Waals surface area contributed by atoms with E-state index in [4.69, 9.17) is 0 Å². The van der Waals surface area contributed by atoms with Gasteiger partial charge in [0, 0.05) is 19.5 Å². The number of benzene rings is 1. The van der Waals surface area contributed by atoms with Crippen LogP contribution >= 0.6 is 0 Å². The van der Waals surface area contributed by atoms with Crippen molar-refractivity contribution in [2.75, 3.05) is 13.1 Å². The highest BCUT2D eigenvalue weighted by Gasteiger charge is 2.35. The van der Waals surface area contributed by atoms with E-state index in [-0.39, 0.29) is 18.0 Å². The summed E-state index contributed by atoms with van der Waals surface area (Å²) < 4.78 is 1.49. The number of likely N-dealkylation sites (tertiary alicyclic amines) is 1. The first kappa shape index (κ1) is 17.9. The lowest BCUT2D eigenvalue weighted by atomic mass is 9.90. The summed E-state index contributed by atoms with van der Waals surface area (Å²) in [6.07, 6.45) is 9.40. The highest BCUT2D eigenvalue weighted by atomic mass is 16.3. The van der Waals surface area contributed by atoms with Crippen LogP contribution < -0.4 is 5.56 Å². The third kappa shape index (κ3) is 3.81. The van der Waals surface area contributed by atoms with Crippen molar-refractivity contribution < 1.29 is 9.90 Å². The minimum Gasteiger partial charge on any atom is -0.388 e. The number of hydrogen-bond donors (Lipinski definition) is 1. The van der Waals surface area contributed by atoms with E-state index in [2.05, 4.69) is 17.1 Å². The van der Waals surface area contributed by atoms with Crippen LogP contribution in [0.4, 0.5) is 0 Å². The molecule has 0 saturated carbocycles. The number of aliphatic hydroxyl groups is 1. The molecule has 142 valence electrons. The maximum Gasteiger partial charge on any atom is 0.261 e. The second-order valence-corrected chi connectivity index (χ2v) is 7.77. The first-order valence-corrected chi connectivity index (χ1v) is 9.65. The van der Waals surface area contributed by atoms with Crippen molar-refractivity contribution in [2.24, 2.45) is 5.92 Å². The summed E-state index contributed by atoms with van der Waals surface area (Å²) in [5.74, 6) is 0.527. The van der Waals surface area contributed by atoms with Crippen LogP contribution in [0.2, 0.25) is 0 Å². The lowest BCUT2D eigenvalue weighted by Gasteiger charge is -2.38. The molecule has 1 saturated heterocycles. The summed E-state index contributed by atoms with van der Waals surface area (Å²) in [5.41, 5.74) is -0.467. The quantitative estimate of drug-likeness (QED) is 0.840. The standard InChI is InChI=1S/C21H25N3O3/c25-19(13-16-5-1-2-6-16)23-11-9-21(27,10-12-23)14-24-15-22-18-8-4-3-7-17(18)20(24)26/h1,3-5,7-8,15-16,27H,2,6,9-14H2. The molecule has 1 amide bonds. The molecular weight excluding hydrogens is 342 g/mol. The number of fused-ring (bicyclic) bond motifs is 1. The molecule has 2 heterocycles. The zero-order chi connectivity index (χ0) is 18.9. The van der Waals surface area contributed by atoms with E-state index in [1.807, 2.05) is 17.0 Å². The molecule has 2 aliphatic rings. The van der Waals surface area contributed by atoms with Crippen molar-refractivity contribution in [3.8, 4) is 0 Å². The van der Waals surface area contributed by atoms with E-state index in [1.165, 1.54) is 10.9 Å². The second-order valence-electron chi connectivity index (χ2n) is 7.77. The number of para-hydroxylation sites is 1. The Morgan fingerprint density at radius 2 is 2.04 bits per heavy atom. The van der Waals surface area contributed by atoms with Gasteiger partial charge in [-0.1, -0.05) is 24.3 Å². The molecule has 4 rings (SSSR count). The third-order valence-corrected chi connectivity index (χ3v) is 5.79. The van der Waals surface area contributed by atoms with Crippen molar-refractivity contribution in [2.45, 2.75) is 44.2 Å². The minimum atomic E-state index is -0.988. The van der Waals surface area contributed by atoms with Crippen LogP contribution in [0, 0.1) is 5.92 Å². The molecule has 1 N–H and O–H groups in total. The van der Waals surface area contributed by atoms with Crippen molar-refractivity contribution in [3.05, 3.63) is 53.1 Å². The number of piperidine rings is 1. The largest absolute Gasteiger partial charge is 0.388 e. The molecule has 1 aromatic heterocycles. The van der Waals surface area contributed by atoms with E-state index in [0.29, 0.717) is 49.2 Å². The molecule has 2 aromatic rings. The Kier molecular flexibility index (Phi) is 4.83. The normalized spacial score (nSPS) is 21.7. The number of carbonyl (C=O) groups is 1. The molecule has 0 bridgehead atoms. The van der Waals surface area contributed by atoms with Crippen molar-refractivity contribution in [1.29, 1.82) is 0 Å². The van der Waals surface area contributed by atoms with Crippen LogP contribution in [0.15, 0.2) is 47.5 Å². The molecule has 0 spiro atoms. The third-order valence-electron chi connectivity index (χ3n) is 5.79. The van der Waals surface area contributed by atoms with Crippen LogP contribution in [-0.4, -0.2) is 44.2 Å². The van der Waals surface area contributed by atoms with Crippen LogP contribution in [0.25, 0.3) is 10.9 Å². The average Bonchev–Trinajstić information content (AvgIpc) is 3.18. The maximum atomic E-state index is 12.7. The smallest absolute Gasteiger partial charge is 0.261 e. The van der Waals surface area contributed by atoms with Gasteiger partial charge in [-0.2, -0.15) is 0 Å². The van der Waals surface area contributed by atoms with Gasteiger partial charge in [0.15, 0.2) is 0 Å². The summed E-state index contributed by atoms with van der Waals surface area (Å²) in [6, 6.07) is 7.22. The molecule has 6 nitrogen and oxygen atoms in total. The van der Waals surface area contributed by atoms with Gasteiger partial charge in [-0.3, -0.25) is 14.2 Å². The Morgan fingerprint density at radius 1 is 1.26 bits per heavy atom. The van der Waals surface area contributed by atoms with E-state index in [0.717, 1.165) is 12.8 Å². The van der Waals surface area contributed by atoms with Crippen molar-refractivity contribution in [1.82, 2.24) is 14.5 Å². The van der Waals surface area contributed by atoms with Crippen LogP contribution in [0.5, 0.6) is 0 Å². The summed E-state index contributed by atoms with van der Waals surface area (Å²) in [5, 5.41) is 11.5. The molecular formula is C21H25N3O3. The van der Waals surface area contributed by atoms with Gasteiger partial charge in [-0.05, 0) is 43.7 Å². The van der Waals surface area contributed by atoms with Gasteiger partial charge in [0.05, 0.1) is 29.4 Å². The minimum absolute atomic E-state index is 0.138. The molecule has 0 radical (unpaired) electrons. The van der Waals surface area contributed by atoms with Gasteiger partial charge in [0.1, 0.15) is 0 Å². The fraction of sp³-hybridized carbons (Fsp3) is 0.476. The van der Waals surface area contributed by atoms with Crippen molar-refractivity contribution >= 4 is 16.8 Å². The SMILES string of the molecule is O=C(CC1C=CCC1)N1CCC(O)(Cn2cnc3ccccc3c2=O)CC1. The highest BCUT2D eigenvalue weighted by molar-refractivity contribution is 5.77. The molecule has 1 fully saturated rings. The number of aromatic nitrogens is 2. The van der Waals surface area contributed by atoms with Gasteiger partial charge in [-0.25, -0.2) is 4.98 Å². The molecule has 27 heavy (non-hydrogen) atoms. The average molecular weight is 367 g/mol. The van der Waals surface area contributed by atoms with Crippen LogP contribution in [0.3, 0.4) is 0 Å². The predicted molar refractivity (Wildman–Crippen MR) is 103 cm³/mol. The second kappa shape index (κ2) is 7.27. The molecule has 1 aromatic carbocycles. The van der Waals surface area contributed by atoms with Crippen molar-refractivity contribution in [3.63, 3.8) is 0 Å². The zero-order valence-electron chi connectivity index (χ0n) is 15.4. The highest BCUT2D eigenvalue weighted by Crippen LogP contribution is 2.26. The molecule has 6 heteroatoms. The van der Waals surface area contributed by atoms with Gasteiger partial charge in [0.2, 0.25) is 5.91 Å². The lowest BCUT2D eigenvalue weighted by molar-refractivity contribution is -0.136. The van der Waals surface area contributed by atoms with Gasteiger partial charge < -0.3 is 10.0 Å². The van der Waals surface area contributed by atoms with E-state index in [9.17, 15) is 14.7 Å². The van der Waals surface area contributed by atoms with E-state index in [1.54, 1.807) is 12.1 Å². The molecule has 1 aliphatic heterocycles. The Balaban J connectivity index is 1.41. The summed E-state index contributed by atoms with van der Waals surface area (Å²) in [7, 11) is 0. The van der Waals surface area contributed by atoms with Gasteiger partial charge in [-0.15, -0.1) is 0 Å². The first-order chi connectivity index (χ1) is 13.0. The van der Waals surface area contributed by atoms with Gasteiger partial charge in [0.25, 0.3) is 5.56 Å². The number of allylic oxidation sites excluding steroid dienone is 2. The summed E-state index contributed by atoms with van der Waals surface area (Å²) in [4.78, 5) is 31.3. The molecule has 1 unspecified atom stereocenters. The van der Waals surface area contributed by atoms with E-state index >= 15 is 0 Å². The number of carbonyl (C=O) groups excluding carboxylic acids is 1.